The molecule has 0 heterocycles. The van der Waals surface area contributed by atoms with Crippen LogP contribution in [0.5, 0.6) is 0 Å². The summed E-state index contributed by atoms with van der Waals surface area (Å²) in [7, 11) is -3.14. The second kappa shape index (κ2) is 12.6. The van der Waals surface area contributed by atoms with Gasteiger partial charge in [-0.05, 0) is 67.1 Å². The van der Waals surface area contributed by atoms with Crippen LogP contribution in [-0.2, 0) is 4.57 Å². The van der Waals surface area contributed by atoms with Crippen molar-refractivity contribution in [2.24, 2.45) is 0 Å². The fourth-order valence-corrected chi connectivity index (χ4v) is 11.2. The van der Waals surface area contributed by atoms with Gasteiger partial charge in [-0.2, -0.15) is 0 Å². The number of fused-ring (bicyclic) bond motifs is 4. The number of hydrogen-bond acceptors (Lipinski definition) is 1. The van der Waals surface area contributed by atoms with Gasteiger partial charge in [-0.25, -0.2) is 8.78 Å². The molecule has 54 heavy (non-hydrogen) atoms. The maximum Gasteiger partial charge on any atom is 0.171 e. The van der Waals surface area contributed by atoms with Crippen LogP contribution in [0.15, 0.2) is 188 Å². The van der Waals surface area contributed by atoms with Gasteiger partial charge >= 0.3 is 0 Å². The van der Waals surface area contributed by atoms with Crippen LogP contribution in [0, 0.1) is 11.6 Å². The highest BCUT2D eigenvalue weighted by atomic mass is 31.2. The average Bonchev–Trinajstić information content (AvgIpc) is 3.56. The molecule has 0 radical (unpaired) electrons. The summed E-state index contributed by atoms with van der Waals surface area (Å²) in [6, 6.07) is 59.8. The summed E-state index contributed by atoms with van der Waals surface area (Å²) in [5.74, 6) is -0.619. The van der Waals surface area contributed by atoms with Gasteiger partial charge in [0, 0.05) is 38.2 Å². The van der Waals surface area contributed by atoms with Crippen molar-refractivity contribution in [2.75, 3.05) is 0 Å². The van der Waals surface area contributed by atoms with Crippen LogP contribution in [0.4, 0.5) is 8.78 Å². The summed E-state index contributed by atoms with van der Waals surface area (Å²) in [6.07, 6.45) is 0. The van der Waals surface area contributed by atoms with E-state index in [1.807, 2.05) is 121 Å². The predicted molar refractivity (Wildman–Crippen MR) is 222 cm³/mol. The quantitative estimate of drug-likeness (QED) is 0.157. The highest BCUT2D eigenvalue weighted by Crippen LogP contribution is 2.59. The number of rotatable bonds is 6. The van der Waals surface area contributed by atoms with Gasteiger partial charge in [0.2, 0.25) is 0 Å². The molecule has 1 aliphatic rings. The number of benzene rings is 9. The van der Waals surface area contributed by atoms with Gasteiger partial charge in [-0.15, -0.1) is 0 Å². The highest BCUT2D eigenvalue weighted by molar-refractivity contribution is 7.85. The Morgan fingerprint density at radius 3 is 1.26 bits per heavy atom. The third-order valence-electron chi connectivity index (χ3n) is 10.9. The Morgan fingerprint density at radius 2 is 0.722 bits per heavy atom. The first-order chi connectivity index (χ1) is 26.5. The van der Waals surface area contributed by atoms with Crippen LogP contribution < -0.4 is 15.9 Å². The minimum Gasteiger partial charge on any atom is -0.309 e. The Labute approximate surface area is 312 Å². The van der Waals surface area contributed by atoms with Crippen molar-refractivity contribution in [1.82, 2.24) is 0 Å². The molecule has 0 aliphatic heterocycles. The van der Waals surface area contributed by atoms with Gasteiger partial charge in [0.25, 0.3) is 0 Å². The Hall–Kier alpha value is -6.41. The Kier molecular flexibility index (Phi) is 7.54. The molecule has 0 amide bonds. The van der Waals surface area contributed by atoms with E-state index < -0.39 is 7.14 Å². The largest absolute Gasteiger partial charge is 0.309 e. The van der Waals surface area contributed by atoms with E-state index in [1.165, 1.54) is 12.1 Å². The van der Waals surface area contributed by atoms with Crippen molar-refractivity contribution in [1.29, 1.82) is 0 Å². The topological polar surface area (TPSA) is 17.1 Å². The molecule has 0 atom stereocenters. The first-order valence-electron chi connectivity index (χ1n) is 18.0. The van der Waals surface area contributed by atoms with Crippen LogP contribution >= 0.6 is 7.14 Å². The zero-order chi connectivity index (χ0) is 36.4. The summed E-state index contributed by atoms with van der Waals surface area (Å²) in [5, 5.41) is 6.14. The maximum atomic E-state index is 15.9. The molecule has 10 rings (SSSR count). The molecule has 0 N–H and O–H groups in total. The van der Waals surface area contributed by atoms with E-state index in [1.54, 1.807) is 12.1 Å². The molecular formula is C50H31F2OP. The van der Waals surface area contributed by atoms with Crippen LogP contribution in [0.1, 0.15) is 0 Å². The second-order valence-electron chi connectivity index (χ2n) is 13.7. The van der Waals surface area contributed by atoms with E-state index in [2.05, 4.69) is 42.5 Å². The van der Waals surface area contributed by atoms with E-state index in [0.29, 0.717) is 11.1 Å². The number of hydrogen-bond donors (Lipinski definition) is 0. The van der Waals surface area contributed by atoms with Crippen LogP contribution in [-0.4, -0.2) is 0 Å². The first kappa shape index (κ1) is 32.3. The molecule has 0 unspecified atom stereocenters. The summed E-state index contributed by atoms with van der Waals surface area (Å²) in [6.45, 7) is 0. The Morgan fingerprint density at radius 1 is 0.315 bits per heavy atom. The van der Waals surface area contributed by atoms with Gasteiger partial charge in [0.1, 0.15) is 11.6 Å². The Bertz CT molecular complexity index is 2830. The van der Waals surface area contributed by atoms with Crippen molar-refractivity contribution >= 4 is 44.6 Å². The standard InChI is InChI=1S/C50H31F2OP/c51-44-24-11-9-20-40(44)47-38-18-7-8-19-39(38)48(41-21-10-12-25-45(41)52)50-43-31-30-36(37-22-13-23-42(46(37)43)49(47)50)32-26-28-35(29-27-32)54(53,33-14-3-1-4-15-33)34-16-5-2-6-17-34/h1-31H. The van der Waals surface area contributed by atoms with Gasteiger partial charge in [0.05, 0.1) is 0 Å². The van der Waals surface area contributed by atoms with Crippen molar-refractivity contribution in [2.45, 2.75) is 0 Å². The summed E-state index contributed by atoms with van der Waals surface area (Å²) >= 11 is 0. The maximum absolute atomic E-state index is 15.9. The Balaban J connectivity index is 1.22. The molecule has 0 aromatic heterocycles. The molecule has 0 saturated carbocycles. The molecule has 9 aromatic carbocycles. The van der Waals surface area contributed by atoms with E-state index in [9.17, 15) is 0 Å². The lowest BCUT2D eigenvalue weighted by atomic mass is 9.82. The van der Waals surface area contributed by atoms with E-state index in [0.717, 1.165) is 82.0 Å². The predicted octanol–water partition coefficient (Wildman–Crippen LogP) is 12.6. The normalized spacial score (nSPS) is 12.0. The molecule has 256 valence electrons. The lowest BCUT2D eigenvalue weighted by Crippen LogP contribution is -2.24. The van der Waals surface area contributed by atoms with Gasteiger partial charge in [-0.3, -0.25) is 0 Å². The van der Waals surface area contributed by atoms with Crippen LogP contribution in [0.3, 0.4) is 0 Å². The molecule has 0 saturated heterocycles. The van der Waals surface area contributed by atoms with Crippen molar-refractivity contribution < 1.29 is 13.3 Å². The average molecular weight is 717 g/mol. The third kappa shape index (κ3) is 4.79. The molecule has 0 bridgehead atoms. The third-order valence-corrected chi connectivity index (χ3v) is 13.9. The van der Waals surface area contributed by atoms with E-state index in [-0.39, 0.29) is 11.6 Å². The van der Waals surface area contributed by atoms with Crippen LogP contribution in [0.2, 0.25) is 0 Å². The first-order valence-corrected chi connectivity index (χ1v) is 19.7. The SMILES string of the molecule is O=P(c1ccccc1)(c1ccccc1)c1ccc(-c2ccc3c4c(cccc24)-c2c-3c(-c3ccccc3F)c3ccccc3c2-c2ccccc2F)cc1. The van der Waals surface area contributed by atoms with E-state index >= 15 is 13.3 Å². The smallest absolute Gasteiger partial charge is 0.171 e. The van der Waals surface area contributed by atoms with Crippen molar-refractivity contribution in [3.8, 4) is 55.6 Å². The summed E-state index contributed by atoms with van der Waals surface area (Å²) < 4.78 is 46.9. The fraction of sp³-hybridized carbons (Fsp3) is 0. The molecule has 0 fully saturated rings. The van der Waals surface area contributed by atoms with Gasteiger partial charge < -0.3 is 4.57 Å². The van der Waals surface area contributed by atoms with Gasteiger partial charge in [-0.1, -0.05) is 176 Å². The second-order valence-corrected chi connectivity index (χ2v) is 16.5. The van der Waals surface area contributed by atoms with Crippen LogP contribution in [0.25, 0.3) is 77.2 Å². The highest BCUT2D eigenvalue weighted by Gasteiger charge is 2.33. The molecule has 0 spiro atoms. The lowest BCUT2D eigenvalue weighted by molar-refractivity contribution is 0.592. The number of halogens is 2. The molecule has 1 nitrogen and oxygen atoms in total. The molecule has 4 heteroatoms. The van der Waals surface area contributed by atoms with Crippen molar-refractivity contribution in [3.63, 3.8) is 0 Å². The lowest BCUT2D eigenvalue weighted by Gasteiger charge is -2.21. The fourth-order valence-electron chi connectivity index (χ4n) is 8.51. The summed E-state index contributed by atoms with van der Waals surface area (Å²) in [5.41, 5.74) is 8.38. The minimum absolute atomic E-state index is 0.310. The molecular weight excluding hydrogens is 686 g/mol. The minimum atomic E-state index is -3.14. The monoisotopic (exact) mass is 716 g/mol. The summed E-state index contributed by atoms with van der Waals surface area (Å²) in [4.78, 5) is 0. The van der Waals surface area contributed by atoms with E-state index in [4.69, 9.17) is 0 Å². The van der Waals surface area contributed by atoms with Crippen molar-refractivity contribution in [3.05, 3.63) is 200 Å². The zero-order valence-corrected chi connectivity index (χ0v) is 29.9. The van der Waals surface area contributed by atoms with Gasteiger partial charge in [0.15, 0.2) is 7.14 Å². The molecule has 1 aliphatic carbocycles. The zero-order valence-electron chi connectivity index (χ0n) is 29.0. The molecule has 9 aromatic rings.